The first-order valence-electron chi connectivity index (χ1n) is 3.89. The van der Waals surface area contributed by atoms with Crippen LogP contribution in [0.25, 0.3) is 0 Å². The Morgan fingerprint density at radius 1 is 1.54 bits per heavy atom. The summed E-state index contributed by atoms with van der Waals surface area (Å²) in [6.07, 6.45) is 3.08. The molecular formula is C9H8N2O2. The molecule has 4 nitrogen and oxygen atoms in total. The lowest BCUT2D eigenvalue weighted by Crippen LogP contribution is -2.38. The largest absolute Gasteiger partial charge is 0.272 e. The zero-order valence-corrected chi connectivity index (χ0v) is 7.07. The highest BCUT2D eigenvalue weighted by Gasteiger charge is 2.54. The van der Waals surface area contributed by atoms with Gasteiger partial charge in [-0.25, -0.2) is 10.9 Å². The number of nitrogens with two attached hydrogens (primary N) is 1. The topological polar surface area (TPSA) is 63.4 Å². The molecule has 2 unspecified atom stereocenters. The van der Waals surface area contributed by atoms with Crippen LogP contribution in [0.3, 0.4) is 0 Å². The van der Waals surface area contributed by atoms with E-state index in [4.69, 9.17) is 5.84 Å². The molecule has 4 heteroatoms. The predicted molar refractivity (Wildman–Crippen MR) is 43.8 cm³/mol. The van der Waals surface area contributed by atoms with Gasteiger partial charge in [0.1, 0.15) is 0 Å². The van der Waals surface area contributed by atoms with Crippen molar-refractivity contribution in [2.75, 3.05) is 0 Å². The Morgan fingerprint density at radius 3 is 2.85 bits per heavy atom. The molecule has 2 N–H and O–H groups in total. The third-order valence-electron chi connectivity index (χ3n) is 2.53. The number of hydrogen-bond donors (Lipinski definition) is 1. The van der Waals surface area contributed by atoms with Gasteiger partial charge in [-0.3, -0.25) is 9.59 Å². The van der Waals surface area contributed by atoms with E-state index in [0.717, 1.165) is 0 Å². The highest BCUT2D eigenvalue weighted by Crippen LogP contribution is 2.39. The summed E-state index contributed by atoms with van der Waals surface area (Å²) in [6.45, 7) is 1.68. The first-order valence-corrected chi connectivity index (χ1v) is 3.89. The van der Waals surface area contributed by atoms with Crippen LogP contribution in [-0.2, 0) is 9.59 Å². The maximum absolute atomic E-state index is 11.5. The molecule has 13 heavy (non-hydrogen) atoms. The van der Waals surface area contributed by atoms with Gasteiger partial charge in [-0.15, -0.1) is 0 Å². The van der Waals surface area contributed by atoms with Gasteiger partial charge in [-0.1, -0.05) is 11.5 Å². The van der Waals surface area contributed by atoms with Gasteiger partial charge in [0, 0.05) is 0 Å². The van der Waals surface area contributed by atoms with Crippen LogP contribution in [0.15, 0.2) is 23.6 Å². The van der Waals surface area contributed by atoms with E-state index in [1.165, 1.54) is 6.08 Å². The highest BCUT2D eigenvalue weighted by molar-refractivity contribution is 6.08. The van der Waals surface area contributed by atoms with Crippen molar-refractivity contribution in [3.63, 3.8) is 0 Å². The number of nitrogens with zero attached hydrogens (tertiary/aromatic N) is 1. The number of hydrazine groups is 1. The Bertz CT molecular complexity index is 400. The quantitative estimate of drug-likeness (QED) is 0.239. The minimum absolute atomic E-state index is 0.377. The third kappa shape index (κ3) is 0.794. The molecule has 0 spiro atoms. The lowest BCUT2D eigenvalue weighted by atomic mass is 9.78. The molecule has 0 bridgehead atoms. The summed E-state index contributed by atoms with van der Waals surface area (Å²) in [7, 11) is 0. The molecule has 66 valence electrons. The lowest BCUT2D eigenvalue weighted by Gasteiger charge is -2.19. The van der Waals surface area contributed by atoms with Crippen molar-refractivity contribution in [3.05, 3.63) is 23.6 Å². The van der Waals surface area contributed by atoms with E-state index >= 15 is 0 Å². The van der Waals surface area contributed by atoms with E-state index in [0.29, 0.717) is 5.01 Å². The van der Waals surface area contributed by atoms with Crippen LogP contribution in [0.4, 0.5) is 0 Å². The molecule has 2 atom stereocenters. The van der Waals surface area contributed by atoms with Crippen LogP contribution in [-0.4, -0.2) is 16.8 Å². The summed E-state index contributed by atoms with van der Waals surface area (Å²) in [5, 5.41) is 0.673. The van der Waals surface area contributed by atoms with Crippen molar-refractivity contribution < 1.29 is 9.59 Å². The Labute approximate surface area is 75.0 Å². The predicted octanol–water partition coefficient (Wildman–Crippen LogP) is -0.269. The van der Waals surface area contributed by atoms with Gasteiger partial charge in [0.15, 0.2) is 0 Å². The monoisotopic (exact) mass is 176 g/mol. The fourth-order valence-electron chi connectivity index (χ4n) is 1.62. The van der Waals surface area contributed by atoms with Crippen molar-refractivity contribution in [2.24, 2.45) is 17.2 Å². The average Bonchev–Trinajstić information content (AvgIpc) is 2.29. The van der Waals surface area contributed by atoms with E-state index in [-0.39, 0.29) is 11.8 Å². The third-order valence-corrected chi connectivity index (χ3v) is 2.53. The molecule has 0 saturated carbocycles. The smallest absolute Gasteiger partial charge is 0.255 e. The number of amides is 2. The molecule has 0 aromatic heterocycles. The van der Waals surface area contributed by atoms with Crippen LogP contribution in [0.1, 0.15) is 6.92 Å². The standard InChI is InChI=1S/C9H8N2O2/c1-9-5-3-2-4-6(9)7(12)11(10)8(9)13/h4-6H,10H2,1H3. The summed E-state index contributed by atoms with van der Waals surface area (Å²) in [5.41, 5.74) is 4.50. The summed E-state index contributed by atoms with van der Waals surface area (Å²) >= 11 is 0. The van der Waals surface area contributed by atoms with Gasteiger partial charge >= 0.3 is 0 Å². The fraction of sp³-hybridized carbons (Fsp3) is 0.333. The molecule has 1 saturated heterocycles. The Kier molecular flexibility index (Phi) is 1.36. The first-order chi connectivity index (χ1) is 6.07. The Balaban J connectivity index is 2.60. The van der Waals surface area contributed by atoms with Crippen molar-refractivity contribution in [1.82, 2.24) is 5.01 Å². The van der Waals surface area contributed by atoms with Gasteiger partial charge in [-0.2, -0.15) is 0 Å². The second-order valence-corrected chi connectivity index (χ2v) is 3.37. The van der Waals surface area contributed by atoms with E-state index in [9.17, 15) is 9.59 Å². The number of carbonyl (C=O) groups excluding carboxylic acids is 2. The van der Waals surface area contributed by atoms with Gasteiger partial charge < -0.3 is 0 Å². The number of rotatable bonds is 0. The summed E-state index contributed by atoms with van der Waals surface area (Å²) in [5.74, 6) is 4.04. The number of carbonyl (C=O) groups is 2. The SMILES string of the molecule is CC12C=C=C=CC1C(=O)N(N)C2=O. The maximum Gasteiger partial charge on any atom is 0.255 e. The van der Waals surface area contributed by atoms with E-state index < -0.39 is 11.3 Å². The molecule has 1 fully saturated rings. The summed E-state index contributed by atoms with van der Waals surface area (Å²) in [6, 6.07) is 0. The molecule has 2 amide bonds. The zero-order valence-electron chi connectivity index (χ0n) is 7.07. The van der Waals surface area contributed by atoms with Gasteiger partial charge in [-0.05, 0) is 19.1 Å². The van der Waals surface area contributed by atoms with E-state index in [1.807, 2.05) is 0 Å². The van der Waals surface area contributed by atoms with Crippen molar-refractivity contribution in [3.8, 4) is 0 Å². The van der Waals surface area contributed by atoms with Crippen LogP contribution in [0.5, 0.6) is 0 Å². The second kappa shape index (κ2) is 2.21. The van der Waals surface area contributed by atoms with Gasteiger partial charge in [0.05, 0.1) is 11.3 Å². The van der Waals surface area contributed by atoms with Crippen LogP contribution in [0.2, 0.25) is 0 Å². The van der Waals surface area contributed by atoms with Crippen molar-refractivity contribution in [2.45, 2.75) is 6.92 Å². The minimum Gasteiger partial charge on any atom is -0.272 e. The maximum atomic E-state index is 11.5. The fourth-order valence-corrected chi connectivity index (χ4v) is 1.62. The van der Waals surface area contributed by atoms with E-state index in [2.05, 4.69) is 11.5 Å². The van der Waals surface area contributed by atoms with Gasteiger partial charge in [0.25, 0.3) is 11.8 Å². The zero-order chi connectivity index (χ0) is 9.64. The molecule has 1 aliphatic carbocycles. The lowest BCUT2D eigenvalue weighted by molar-refractivity contribution is -0.140. The molecule has 2 rings (SSSR count). The number of fused-ring (bicyclic) bond motifs is 1. The first kappa shape index (κ1) is 8.02. The summed E-state index contributed by atoms with van der Waals surface area (Å²) in [4.78, 5) is 22.9. The second-order valence-electron chi connectivity index (χ2n) is 3.37. The normalized spacial score (nSPS) is 35.8. The van der Waals surface area contributed by atoms with Gasteiger partial charge in [0.2, 0.25) is 0 Å². The van der Waals surface area contributed by atoms with Crippen LogP contribution < -0.4 is 5.84 Å². The number of imide groups is 1. The molecule has 2 aliphatic rings. The highest BCUT2D eigenvalue weighted by atomic mass is 16.2. The van der Waals surface area contributed by atoms with Crippen molar-refractivity contribution in [1.29, 1.82) is 0 Å². The van der Waals surface area contributed by atoms with Crippen LogP contribution >= 0.6 is 0 Å². The average molecular weight is 176 g/mol. The molecular weight excluding hydrogens is 168 g/mol. The minimum atomic E-state index is -0.850. The van der Waals surface area contributed by atoms with Crippen LogP contribution in [0, 0.1) is 11.3 Å². The molecule has 0 aromatic rings. The molecule has 1 aliphatic heterocycles. The summed E-state index contributed by atoms with van der Waals surface area (Å²) < 4.78 is 0. The van der Waals surface area contributed by atoms with Crippen molar-refractivity contribution >= 4 is 11.8 Å². The Hall–Kier alpha value is -1.60. The van der Waals surface area contributed by atoms with E-state index in [1.54, 1.807) is 13.0 Å². The molecule has 0 aromatic carbocycles. The molecule has 0 radical (unpaired) electrons. The molecule has 1 heterocycles. The Morgan fingerprint density at radius 2 is 2.23 bits per heavy atom. The number of hydrogen-bond acceptors (Lipinski definition) is 3.